The van der Waals surface area contributed by atoms with Gasteiger partial charge in [-0.05, 0) is 42.3 Å². The van der Waals surface area contributed by atoms with Crippen LogP contribution in [-0.4, -0.2) is 25.0 Å². The number of esters is 1. The molecule has 29 heavy (non-hydrogen) atoms. The first-order valence-electron chi connectivity index (χ1n) is 9.11. The van der Waals surface area contributed by atoms with Crippen molar-refractivity contribution < 1.29 is 19.1 Å². The molecule has 7 heteroatoms. The maximum Gasteiger partial charge on any atom is 0.349 e. The lowest BCUT2D eigenvalue weighted by Gasteiger charge is -2.08. The van der Waals surface area contributed by atoms with E-state index in [0.29, 0.717) is 28.6 Å². The van der Waals surface area contributed by atoms with Gasteiger partial charge in [0.2, 0.25) is 0 Å². The third kappa shape index (κ3) is 7.32. The number of amides is 1. The van der Waals surface area contributed by atoms with E-state index < -0.39 is 11.9 Å². The van der Waals surface area contributed by atoms with Crippen LogP contribution in [0.5, 0.6) is 11.5 Å². The van der Waals surface area contributed by atoms with Gasteiger partial charge in [0.25, 0.3) is 5.91 Å². The van der Waals surface area contributed by atoms with Crippen LogP contribution in [0.15, 0.2) is 54.1 Å². The van der Waals surface area contributed by atoms with Gasteiger partial charge in [0.05, 0.1) is 5.02 Å². The van der Waals surface area contributed by atoms with Gasteiger partial charge in [-0.2, -0.15) is 5.26 Å². The molecule has 0 aliphatic carbocycles. The zero-order valence-corrected chi connectivity index (χ0v) is 16.7. The predicted molar refractivity (Wildman–Crippen MR) is 111 cm³/mol. The SMILES string of the molecule is CCCCNC(=O)/C(C#N)=C/c1ccc(OC(=O)COc2ccccc2Cl)cc1. The summed E-state index contributed by atoms with van der Waals surface area (Å²) >= 11 is 5.96. The van der Waals surface area contributed by atoms with Crippen molar-refractivity contribution in [3.8, 4) is 17.6 Å². The number of benzene rings is 2. The number of nitrogens with zero attached hydrogens (tertiary/aromatic N) is 1. The summed E-state index contributed by atoms with van der Waals surface area (Å²) in [6.07, 6.45) is 3.29. The largest absolute Gasteiger partial charge is 0.480 e. The number of rotatable bonds is 9. The van der Waals surface area contributed by atoms with Crippen LogP contribution in [0, 0.1) is 11.3 Å². The van der Waals surface area contributed by atoms with Gasteiger partial charge in [-0.3, -0.25) is 4.79 Å². The highest BCUT2D eigenvalue weighted by Crippen LogP contribution is 2.23. The van der Waals surface area contributed by atoms with Crippen LogP contribution in [0.3, 0.4) is 0 Å². The van der Waals surface area contributed by atoms with Crippen molar-refractivity contribution in [3.63, 3.8) is 0 Å². The normalized spacial score (nSPS) is 10.7. The highest BCUT2D eigenvalue weighted by Gasteiger charge is 2.10. The molecular formula is C22H21ClN2O4. The predicted octanol–water partition coefficient (Wildman–Crippen LogP) is 4.15. The average Bonchev–Trinajstić information content (AvgIpc) is 2.72. The zero-order valence-electron chi connectivity index (χ0n) is 16.0. The quantitative estimate of drug-likeness (QED) is 0.220. The average molecular weight is 413 g/mol. The van der Waals surface area contributed by atoms with Gasteiger partial charge in [0.15, 0.2) is 6.61 Å². The van der Waals surface area contributed by atoms with Crippen LogP contribution in [0.2, 0.25) is 5.02 Å². The molecule has 0 radical (unpaired) electrons. The van der Waals surface area contributed by atoms with Crippen LogP contribution >= 0.6 is 11.6 Å². The summed E-state index contributed by atoms with van der Waals surface area (Å²) in [7, 11) is 0. The van der Waals surface area contributed by atoms with Crippen molar-refractivity contribution in [2.75, 3.05) is 13.2 Å². The third-order valence-corrected chi connectivity index (χ3v) is 4.10. The second kappa shape index (κ2) is 11.5. The van der Waals surface area contributed by atoms with Gasteiger partial charge >= 0.3 is 5.97 Å². The molecule has 0 bridgehead atoms. The Morgan fingerprint density at radius 1 is 1.17 bits per heavy atom. The van der Waals surface area contributed by atoms with Crippen molar-refractivity contribution in [1.82, 2.24) is 5.32 Å². The summed E-state index contributed by atoms with van der Waals surface area (Å²) in [5.41, 5.74) is 0.651. The minimum Gasteiger partial charge on any atom is -0.480 e. The molecule has 0 atom stereocenters. The number of halogens is 1. The van der Waals surface area contributed by atoms with Crippen molar-refractivity contribution in [2.45, 2.75) is 19.8 Å². The Morgan fingerprint density at radius 2 is 1.90 bits per heavy atom. The number of hydrogen-bond acceptors (Lipinski definition) is 5. The molecule has 0 spiro atoms. The van der Waals surface area contributed by atoms with E-state index in [-0.39, 0.29) is 12.2 Å². The molecule has 0 aliphatic rings. The molecule has 6 nitrogen and oxygen atoms in total. The Labute approximate surface area is 174 Å². The van der Waals surface area contributed by atoms with Gasteiger partial charge in [0, 0.05) is 6.54 Å². The fourth-order valence-corrected chi connectivity index (χ4v) is 2.47. The lowest BCUT2D eigenvalue weighted by molar-refractivity contribution is -0.136. The minimum atomic E-state index is -0.582. The van der Waals surface area contributed by atoms with Crippen LogP contribution < -0.4 is 14.8 Å². The first-order chi connectivity index (χ1) is 14.0. The van der Waals surface area contributed by atoms with Gasteiger partial charge in [-0.1, -0.05) is 49.2 Å². The van der Waals surface area contributed by atoms with E-state index in [4.69, 9.17) is 21.1 Å². The number of para-hydroxylation sites is 1. The fourth-order valence-electron chi connectivity index (χ4n) is 2.28. The van der Waals surface area contributed by atoms with E-state index in [1.165, 1.54) is 6.08 Å². The van der Waals surface area contributed by atoms with Gasteiger partial charge in [-0.15, -0.1) is 0 Å². The number of ether oxygens (including phenoxy) is 2. The van der Waals surface area contributed by atoms with E-state index in [1.807, 2.05) is 13.0 Å². The molecule has 0 fully saturated rings. The number of carbonyl (C=O) groups excluding carboxylic acids is 2. The zero-order chi connectivity index (χ0) is 21.1. The van der Waals surface area contributed by atoms with Gasteiger partial charge < -0.3 is 14.8 Å². The van der Waals surface area contributed by atoms with Gasteiger partial charge in [0.1, 0.15) is 23.1 Å². The molecule has 2 aromatic carbocycles. The maximum absolute atomic E-state index is 12.0. The molecule has 0 saturated carbocycles. The lowest BCUT2D eigenvalue weighted by Crippen LogP contribution is -2.25. The summed E-state index contributed by atoms with van der Waals surface area (Å²) in [6.45, 7) is 2.26. The minimum absolute atomic E-state index is 0.0130. The Bertz CT molecular complexity index is 917. The van der Waals surface area contributed by atoms with Crippen molar-refractivity contribution in [1.29, 1.82) is 5.26 Å². The molecule has 0 aliphatic heterocycles. The van der Waals surface area contributed by atoms with E-state index >= 15 is 0 Å². The van der Waals surface area contributed by atoms with E-state index in [0.717, 1.165) is 12.8 Å². The summed E-state index contributed by atoms with van der Waals surface area (Å²) in [4.78, 5) is 23.9. The highest BCUT2D eigenvalue weighted by molar-refractivity contribution is 6.32. The van der Waals surface area contributed by atoms with Crippen molar-refractivity contribution in [3.05, 3.63) is 64.7 Å². The fraction of sp³-hybridized carbons (Fsp3) is 0.227. The van der Waals surface area contributed by atoms with Crippen LogP contribution in [0.1, 0.15) is 25.3 Å². The highest BCUT2D eigenvalue weighted by atomic mass is 35.5. The molecule has 1 N–H and O–H groups in total. The van der Waals surface area contributed by atoms with Crippen molar-refractivity contribution >= 4 is 29.6 Å². The Kier molecular flexibility index (Phi) is 8.74. The molecule has 1 amide bonds. The molecule has 0 unspecified atom stereocenters. The molecule has 150 valence electrons. The molecule has 2 aromatic rings. The summed E-state index contributed by atoms with van der Waals surface area (Å²) < 4.78 is 10.5. The molecular weight excluding hydrogens is 392 g/mol. The number of nitrogens with one attached hydrogen (secondary N) is 1. The summed E-state index contributed by atoms with van der Waals surface area (Å²) in [5.74, 6) is -0.275. The third-order valence-electron chi connectivity index (χ3n) is 3.79. The molecule has 0 aromatic heterocycles. The Hall–Kier alpha value is -3.30. The second-order valence-electron chi connectivity index (χ2n) is 6.04. The van der Waals surface area contributed by atoms with Crippen LogP contribution in [0.25, 0.3) is 6.08 Å². The molecule has 0 heterocycles. The number of unbranched alkanes of at least 4 members (excludes halogenated alkanes) is 1. The number of nitriles is 1. The van der Waals surface area contributed by atoms with E-state index in [2.05, 4.69) is 5.32 Å². The standard InChI is InChI=1S/C22H21ClN2O4/c1-2-3-12-25-22(27)17(14-24)13-16-8-10-18(11-9-16)29-21(26)15-28-20-7-5-4-6-19(20)23/h4-11,13H,2-3,12,15H2,1H3,(H,25,27)/b17-13+. The van der Waals surface area contributed by atoms with Crippen molar-refractivity contribution in [2.24, 2.45) is 0 Å². The topological polar surface area (TPSA) is 88.4 Å². The molecule has 2 rings (SSSR count). The summed E-state index contributed by atoms with van der Waals surface area (Å²) in [5, 5.41) is 12.3. The maximum atomic E-state index is 12.0. The first kappa shape index (κ1) is 22.0. The number of carbonyl (C=O) groups is 2. The molecule has 0 saturated heterocycles. The Morgan fingerprint density at radius 3 is 2.55 bits per heavy atom. The first-order valence-corrected chi connectivity index (χ1v) is 9.49. The monoisotopic (exact) mass is 412 g/mol. The Balaban J connectivity index is 1.91. The van der Waals surface area contributed by atoms with Crippen LogP contribution in [0.4, 0.5) is 0 Å². The van der Waals surface area contributed by atoms with Crippen LogP contribution in [-0.2, 0) is 9.59 Å². The van der Waals surface area contributed by atoms with E-state index in [9.17, 15) is 14.9 Å². The second-order valence-corrected chi connectivity index (χ2v) is 6.45. The smallest absolute Gasteiger partial charge is 0.349 e. The van der Waals surface area contributed by atoms with Gasteiger partial charge in [-0.25, -0.2) is 4.79 Å². The summed E-state index contributed by atoms with van der Waals surface area (Å²) in [6, 6.07) is 15.2. The van der Waals surface area contributed by atoms with E-state index in [1.54, 1.807) is 48.5 Å². The number of hydrogen-bond donors (Lipinski definition) is 1. The lowest BCUT2D eigenvalue weighted by atomic mass is 10.1.